The summed E-state index contributed by atoms with van der Waals surface area (Å²) in [6.45, 7) is 3.40. The van der Waals surface area contributed by atoms with Crippen LogP contribution in [0.3, 0.4) is 0 Å². The highest BCUT2D eigenvalue weighted by Gasteiger charge is 2.04. The molecule has 3 nitrogen and oxygen atoms in total. The largest absolute Gasteiger partial charge is 0.370 e. The molecule has 1 heterocycles. The first-order chi connectivity index (χ1) is 8.35. The summed E-state index contributed by atoms with van der Waals surface area (Å²) in [6, 6.07) is 14.2. The number of anilines is 1. The van der Waals surface area contributed by atoms with Crippen LogP contribution < -0.4 is 11.1 Å². The fraction of sp³-hybridized carbons (Fsp3) is 0.214. The molecular weight excluding hydrogens is 210 g/mol. The van der Waals surface area contributed by atoms with Gasteiger partial charge in [0.25, 0.3) is 0 Å². The third-order valence-electron chi connectivity index (χ3n) is 2.61. The Bertz CT molecular complexity index is 480. The van der Waals surface area contributed by atoms with Gasteiger partial charge < -0.3 is 11.1 Å². The number of nitrogens with zero attached hydrogens (tertiary/aromatic N) is 1. The number of benzene rings is 1. The number of hydrogen-bond acceptors (Lipinski definition) is 3. The number of aromatic nitrogens is 1. The summed E-state index contributed by atoms with van der Waals surface area (Å²) in [6.07, 6.45) is 0. The average molecular weight is 227 g/mol. The molecule has 0 saturated heterocycles. The average Bonchev–Trinajstić information content (AvgIpc) is 2.40. The van der Waals surface area contributed by atoms with Crippen molar-refractivity contribution in [3.63, 3.8) is 0 Å². The minimum absolute atomic E-state index is 0.504. The quantitative estimate of drug-likeness (QED) is 0.844. The lowest BCUT2D eigenvalue weighted by Gasteiger charge is -2.10. The van der Waals surface area contributed by atoms with Crippen LogP contribution in [0.25, 0.3) is 11.3 Å². The SMILES string of the molecule is CCNc1nc(-c2ccccc2)ccc1CN. The normalized spacial score (nSPS) is 10.2. The van der Waals surface area contributed by atoms with Crippen LogP contribution in [0.4, 0.5) is 5.82 Å². The molecule has 0 aliphatic carbocycles. The topological polar surface area (TPSA) is 50.9 Å². The molecule has 0 bridgehead atoms. The van der Waals surface area contributed by atoms with E-state index in [4.69, 9.17) is 5.73 Å². The van der Waals surface area contributed by atoms with Crippen LogP contribution in [0.1, 0.15) is 12.5 Å². The van der Waals surface area contributed by atoms with E-state index in [2.05, 4.69) is 29.4 Å². The zero-order chi connectivity index (χ0) is 12.1. The van der Waals surface area contributed by atoms with Crippen molar-refractivity contribution in [2.45, 2.75) is 13.5 Å². The Morgan fingerprint density at radius 3 is 2.53 bits per heavy atom. The first kappa shape index (κ1) is 11.6. The van der Waals surface area contributed by atoms with E-state index in [1.165, 1.54) is 0 Å². The van der Waals surface area contributed by atoms with Gasteiger partial charge in [0.05, 0.1) is 5.69 Å². The van der Waals surface area contributed by atoms with E-state index < -0.39 is 0 Å². The van der Waals surface area contributed by atoms with Crippen LogP contribution >= 0.6 is 0 Å². The molecule has 88 valence electrons. The predicted octanol–water partition coefficient (Wildman–Crippen LogP) is 2.64. The summed E-state index contributed by atoms with van der Waals surface area (Å²) in [4.78, 5) is 4.61. The van der Waals surface area contributed by atoms with Gasteiger partial charge in [-0.2, -0.15) is 0 Å². The van der Waals surface area contributed by atoms with E-state index in [9.17, 15) is 0 Å². The molecule has 2 rings (SSSR count). The number of nitrogens with two attached hydrogens (primary N) is 1. The number of pyridine rings is 1. The van der Waals surface area contributed by atoms with Gasteiger partial charge in [0.1, 0.15) is 5.82 Å². The summed E-state index contributed by atoms with van der Waals surface area (Å²) in [5, 5.41) is 3.25. The number of nitrogens with one attached hydrogen (secondary N) is 1. The summed E-state index contributed by atoms with van der Waals surface area (Å²) >= 11 is 0. The van der Waals surface area contributed by atoms with Gasteiger partial charge in [-0.25, -0.2) is 4.98 Å². The maximum atomic E-state index is 5.69. The van der Waals surface area contributed by atoms with Gasteiger partial charge in [-0.15, -0.1) is 0 Å². The summed E-state index contributed by atoms with van der Waals surface area (Å²) in [5.74, 6) is 0.886. The van der Waals surface area contributed by atoms with Crippen molar-refractivity contribution in [3.8, 4) is 11.3 Å². The summed E-state index contributed by atoms with van der Waals surface area (Å²) < 4.78 is 0. The second kappa shape index (κ2) is 5.46. The zero-order valence-corrected chi connectivity index (χ0v) is 9.98. The highest BCUT2D eigenvalue weighted by atomic mass is 15.0. The van der Waals surface area contributed by atoms with E-state index in [1.54, 1.807) is 0 Å². The van der Waals surface area contributed by atoms with Crippen LogP contribution in [0.5, 0.6) is 0 Å². The predicted molar refractivity (Wildman–Crippen MR) is 71.7 cm³/mol. The van der Waals surface area contributed by atoms with Gasteiger partial charge in [0, 0.05) is 24.2 Å². The number of rotatable bonds is 4. The molecule has 3 heteroatoms. The van der Waals surface area contributed by atoms with Gasteiger partial charge in [0.2, 0.25) is 0 Å². The first-order valence-corrected chi connectivity index (χ1v) is 5.84. The zero-order valence-electron chi connectivity index (χ0n) is 9.98. The molecule has 0 radical (unpaired) electrons. The van der Waals surface area contributed by atoms with Crippen LogP contribution in [0, 0.1) is 0 Å². The molecule has 0 spiro atoms. The first-order valence-electron chi connectivity index (χ1n) is 5.84. The Morgan fingerprint density at radius 2 is 1.88 bits per heavy atom. The lowest BCUT2D eigenvalue weighted by atomic mass is 10.1. The van der Waals surface area contributed by atoms with Gasteiger partial charge in [-0.05, 0) is 13.0 Å². The van der Waals surface area contributed by atoms with Gasteiger partial charge >= 0.3 is 0 Å². The van der Waals surface area contributed by atoms with Crippen molar-refractivity contribution in [2.24, 2.45) is 5.73 Å². The van der Waals surface area contributed by atoms with Crippen LogP contribution in [0.15, 0.2) is 42.5 Å². The highest BCUT2D eigenvalue weighted by molar-refractivity contribution is 5.62. The Kier molecular flexibility index (Phi) is 3.73. The maximum Gasteiger partial charge on any atom is 0.131 e. The molecule has 0 unspecified atom stereocenters. The van der Waals surface area contributed by atoms with Crippen molar-refractivity contribution in [2.75, 3.05) is 11.9 Å². The Labute approximate surface area is 102 Å². The van der Waals surface area contributed by atoms with Crippen molar-refractivity contribution in [1.82, 2.24) is 4.98 Å². The molecule has 0 aliphatic heterocycles. The smallest absolute Gasteiger partial charge is 0.131 e. The van der Waals surface area contributed by atoms with E-state index in [-0.39, 0.29) is 0 Å². The van der Waals surface area contributed by atoms with Gasteiger partial charge in [-0.1, -0.05) is 36.4 Å². The fourth-order valence-electron chi connectivity index (χ4n) is 1.74. The lowest BCUT2D eigenvalue weighted by Crippen LogP contribution is -2.07. The molecule has 0 amide bonds. The van der Waals surface area contributed by atoms with E-state index in [1.807, 2.05) is 30.3 Å². The third-order valence-corrected chi connectivity index (χ3v) is 2.61. The molecule has 1 aromatic heterocycles. The van der Waals surface area contributed by atoms with Crippen LogP contribution in [-0.2, 0) is 6.54 Å². The second-order valence-corrected chi connectivity index (χ2v) is 3.80. The van der Waals surface area contributed by atoms with E-state index in [0.29, 0.717) is 6.54 Å². The molecule has 2 aromatic rings. The minimum atomic E-state index is 0.504. The molecule has 0 fully saturated rings. The van der Waals surface area contributed by atoms with Crippen molar-refractivity contribution in [1.29, 1.82) is 0 Å². The molecular formula is C14H17N3. The van der Waals surface area contributed by atoms with Gasteiger partial charge in [-0.3, -0.25) is 0 Å². The second-order valence-electron chi connectivity index (χ2n) is 3.80. The van der Waals surface area contributed by atoms with Crippen molar-refractivity contribution >= 4 is 5.82 Å². The maximum absolute atomic E-state index is 5.69. The number of hydrogen-bond donors (Lipinski definition) is 2. The molecule has 3 N–H and O–H groups in total. The van der Waals surface area contributed by atoms with Crippen LogP contribution in [0.2, 0.25) is 0 Å². The Morgan fingerprint density at radius 1 is 1.12 bits per heavy atom. The highest BCUT2D eigenvalue weighted by Crippen LogP contribution is 2.21. The molecule has 1 aromatic carbocycles. The Hall–Kier alpha value is -1.87. The molecule has 17 heavy (non-hydrogen) atoms. The standard InChI is InChI=1S/C14H17N3/c1-2-16-14-12(10-15)8-9-13(17-14)11-6-4-3-5-7-11/h3-9H,2,10,15H2,1H3,(H,16,17). The summed E-state index contributed by atoms with van der Waals surface area (Å²) in [7, 11) is 0. The minimum Gasteiger partial charge on any atom is -0.370 e. The summed E-state index contributed by atoms with van der Waals surface area (Å²) in [5.41, 5.74) is 8.83. The fourth-order valence-corrected chi connectivity index (χ4v) is 1.74. The lowest BCUT2D eigenvalue weighted by molar-refractivity contribution is 1.03. The van der Waals surface area contributed by atoms with Crippen molar-refractivity contribution in [3.05, 3.63) is 48.0 Å². The van der Waals surface area contributed by atoms with Gasteiger partial charge in [0.15, 0.2) is 0 Å². The van der Waals surface area contributed by atoms with E-state index >= 15 is 0 Å². The van der Waals surface area contributed by atoms with Crippen LogP contribution in [-0.4, -0.2) is 11.5 Å². The monoisotopic (exact) mass is 227 g/mol. The molecule has 0 atom stereocenters. The molecule has 0 saturated carbocycles. The Balaban J connectivity index is 2.40. The van der Waals surface area contributed by atoms with Crippen molar-refractivity contribution < 1.29 is 0 Å². The molecule has 0 aliphatic rings. The third kappa shape index (κ3) is 2.63. The van der Waals surface area contributed by atoms with E-state index in [0.717, 1.165) is 29.2 Å².